The van der Waals surface area contributed by atoms with E-state index >= 15 is 0 Å². The molecule has 0 spiro atoms. The van der Waals surface area contributed by atoms with Crippen molar-refractivity contribution in [2.75, 3.05) is 0 Å². The standard InChI is InChI=1S/C18H31N.H2O/c1-4-10-17(15-16-11-8-7-9-12-16)18(19,13-5-2)14-6-3;/h7-9,11-12,17H,4-6,10,13-15,19H2,1-3H3;1H2. The van der Waals surface area contributed by atoms with Crippen molar-refractivity contribution in [1.29, 1.82) is 0 Å². The fraction of sp³-hybridized carbons (Fsp3) is 0.667. The summed E-state index contributed by atoms with van der Waals surface area (Å²) in [7, 11) is 0. The van der Waals surface area contributed by atoms with Gasteiger partial charge in [-0.2, -0.15) is 0 Å². The van der Waals surface area contributed by atoms with E-state index in [1.165, 1.54) is 31.2 Å². The molecule has 0 amide bonds. The Labute approximate surface area is 125 Å². The molecule has 1 atom stereocenters. The zero-order valence-corrected chi connectivity index (χ0v) is 13.5. The van der Waals surface area contributed by atoms with Crippen molar-refractivity contribution < 1.29 is 5.48 Å². The number of hydrogen-bond donors (Lipinski definition) is 1. The van der Waals surface area contributed by atoms with E-state index in [-0.39, 0.29) is 11.0 Å². The maximum Gasteiger partial charge on any atom is 0.0185 e. The molecule has 0 bridgehead atoms. The van der Waals surface area contributed by atoms with Crippen molar-refractivity contribution in [2.24, 2.45) is 11.7 Å². The summed E-state index contributed by atoms with van der Waals surface area (Å²) in [5, 5.41) is 0. The van der Waals surface area contributed by atoms with Crippen LogP contribution in [-0.2, 0) is 6.42 Å². The van der Waals surface area contributed by atoms with E-state index in [4.69, 9.17) is 5.73 Å². The molecule has 2 nitrogen and oxygen atoms in total. The lowest BCUT2D eigenvalue weighted by molar-refractivity contribution is 0.215. The third-order valence-corrected chi connectivity index (χ3v) is 4.21. The largest absolute Gasteiger partial charge is 0.412 e. The minimum Gasteiger partial charge on any atom is -0.412 e. The van der Waals surface area contributed by atoms with Crippen molar-refractivity contribution in [3.05, 3.63) is 35.9 Å². The van der Waals surface area contributed by atoms with Crippen LogP contribution in [-0.4, -0.2) is 11.0 Å². The van der Waals surface area contributed by atoms with Gasteiger partial charge >= 0.3 is 0 Å². The molecular weight excluding hydrogens is 246 g/mol. The Morgan fingerprint density at radius 2 is 1.50 bits per heavy atom. The lowest BCUT2D eigenvalue weighted by Gasteiger charge is -2.38. The average molecular weight is 279 g/mol. The summed E-state index contributed by atoms with van der Waals surface area (Å²) < 4.78 is 0. The van der Waals surface area contributed by atoms with Gasteiger partial charge < -0.3 is 11.2 Å². The van der Waals surface area contributed by atoms with Crippen LogP contribution in [0.5, 0.6) is 0 Å². The van der Waals surface area contributed by atoms with Gasteiger partial charge in [0.1, 0.15) is 0 Å². The first-order chi connectivity index (χ1) is 9.16. The van der Waals surface area contributed by atoms with E-state index in [2.05, 4.69) is 51.1 Å². The molecule has 1 unspecified atom stereocenters. The van der Waals surface area contributed by atoms with E-state index in [0.717, 1.165) is 19.3 Å². The van der Waals surface area contributed by atoms with E-state index < -0.39 is 0 Å². The van der Waals surface area contributed by atoms with Crippen LogP contribution in [0, 0.1) is 5.92 Å². The number of rotatable bonds is 9. The third kappa shape index (κ3) is 5.64. The molecule has 20 heavy (non-hydrogen) atoms. The summed E-state index contributed by atoms with van der Waals surface area (Å²) in [4.78, 5) is 0. The van der Waals surface area contributed by atoms with Gasteiger partial charge in [-0.3, -0.25) is 0 Å². The lowest BCUT2D eigenvalue weighted by atomic mass is 9.73. The topological polar surface area (TPSA) is 57.5 Å². The molecule has 1 aromatic carbocycles. The summed E-state index contributed by atoms with van der Waals surface area (Å²) >= 11 is 0. The van der Waals surface area contributed by atoms with Gasteiger partial charge in [-0.1, -0.05) is 70.4 Å². The third-order valence-electron chi connectivity index (χ3n) is 4.21. The van der Waals surface area contributed by atoms with Crippen LogP contribution in [0.4, 0.5) is 0 Å². The van der Waals surface area contributed by atoms with E-state index in [1.807, 2.05) is 0 Å². The first-order valence-corrected chi connectivity index (χ1v) is 7.99. The highest BCUT2D eigenvalue weighted by molar-refractivity contribution is 5.16. The van der Waals surface area contributed by atoms with Crippen LogP contribution in [0.3, 0.4) is 0 Å². The molecule has 4 N–H and O–H groups in total. The predicted molar refractivity (Wildman–Crippen MR) is 88.9 cm³/mol. The van der Waals surface area contributed by atoms with Gasteiger partial charge in [0.05, 0.1) is 0 Å². The number of nitrogens with two attached hydrogens (primary N) is 1. The highest BCUT2D eigenvalue weighted by Crippen LogP contribution is 2.32. The lowest BCUT2D eigenvalue weighted by Crippen LogP contribution is -2.48. The minimum atomic E-state index is 0. The first kappa shape index (κ1) is 19.1. The molecule has 1 aromatic rings. The van der Waals surface area contributed by atoms with E-state index in [0.29, 0.717) is 5.92 Å². The molecule has 0 aromatic heterocycles. The van der Waals surface area contributed by atoms with Crippen molar-refractivity contribution in [2.45, 2.75) is 71.3 Å². The molecule has 0 saturated carbocycles. The molecule has 0 heterocycles. The van der Waals surface area contributed by atoms with Gasteiger partial charge in [-0.05, 0) is 37.2 Å². The monoisotopic (exact) mass is 279 g/mol. The highest BCUT2D eigenvalue weighted by Gasteiger charge is 2.32. The fourth-order valence-corrected chi connectivity index (χ4v) is 3.30. The normalized spacial score (nSPS) is 12.8. The molecule has 0 aliphatic carbocycles. The van der Waals surface area contributed by atoms with Crippen LogP contribution < -0.4 is 5.73 Å². The predicted octanol–water partition coefficient (Wildman–Crippen LogP) is 4.12. The fourth-order valence-electron chi connectivity index (χ4n) is 3.30. The van der Waals surface area contributed by atoms with Crippen molar-refractivity contribution in [3.63, 3.8) is 0 Å². The first-order valence-electron chi connectivity index (χ1n) is 7.99. The Bertz CT molecular complexity index is 331. The molecule has 0 saturated heterocycles. The van der Waals surface area contributed by atoms with Crippen molar-refractivity contribution in [3.8, 4) is 0 Å². The van der Waals surface area contributed by atoms with Gasteiger partial charge in [-0.25, -0.2) is 0 Å². The van der Waals surface area contributed by atoms with E-state index in [1.54, 1.807) is 0 Å². The quantitative estimate of drug-likeness (QED) is 0.726. The molecule has 0 aliphatic heterocycles. The van der Waals surface area contributed by atoms with Crippen LogP contribution in [0.15, 0.2) is 30.3 Å². The second-order valence-corrected chi connectivity index (χ2v) is 5.91. The summed E-state index contributed by atoms with van der Waals surface area (Å²) in [6, 6.07) is 10.8. The van der Waals surface area contributed by atoms with E-state index in [9.17, 15) is 0 Å². The van der Waals surface area contributed by atoms with Crippen molar-refractivity contribution in [1.82, 2.24) is 0 Å². The Kier molecular flexibility index (Phi) is 9.52. The van der Waals surface area contributed by atoms with Crippen molar-refractivity contribution >= 4 is 0 Å². The maximum absolute atomic E-state index is 6.80. The second kappa shape index (κ2) is 9.95. The molecule has 0 radical (unpaired) electrons. The zero-order valence-electron chi connectivity index (χ0n) is 13.5. The van der Waals surface area contributed by atoms with Crippen LogP contribution in [0.25, 0.3) is 0 Å². The number of hydrogen-bond acceptors (Lipinski definition) is 1. The summed E-state index contributed by atoms with van der Waals surface area (Å²) in [5.74, 6) is 0.611. The van der Waals surface area contributed by atoms with Crippen LogP contribution in [0.1, 0.15) is 64.9 Å². The molecule has 116 valence electrons. The van der Waals surface area contributed by atoms with Crippen LogP contribution >= 0.6 is 0 Å². The highest BCUT2D eigenvalue weighted by atomic mass is 16.0. The Hall–Kier alpha value is -0.860. The average Bonchev–Trinajstić information content (AvgIpc) is 2.40. The Morgan fingerprint density at radius 3 is 1.95 bits per heavy atom. The van der Waals surface area contributed by atoms with Gasteiger partial charge in [0, 0.05) is 5.54 Å². The van der Waals surface area contributed by atoms with Gasteiger partial charge in [-0.15, -0.1) is 0 Å². The maximum atomic E-state index is 6.80. The summed E-state index contributed by atoms with van der Waals surface area (Å²) in [6.07, 6.45) is 8.27. The SMILES string of the molecule is CCCC(Cc1ccccc1)C(N)(CCC)CCC.O. The van der Waals surface area contributed by atoms with Gasteiger partial charge in [0.25, 0.3) is 0 Å². The molecule has 2 heteroatoms. The summed E-state index contributed by atoms with van der Waals surface area (Å²) in [6.45, 7) is 6.78. The Morgan fingerprint density at radius 1 is 0.950 bits per heavy atom. The molecule has 0 aliphatic rings. The molecule has 0 fully saturated rings. The van der Waals surface area contributed by atoms with Crippen LogP contribution in [0.2, 0.25) is 0 Å². The summed E-state index contributed by atoms with van der Waals surface area (Å²) in [5.41, 5.74) is 8.25. The smallest absolute Gasteiger partial charge is 0.0185 e. The molecular formula is C18H33NO. The molecule has 1 rings (SSSR count). The zero-order chi connectivity index (χ0) is 14.1. The van der Waals surface area contributed by atoms with Gasteiger partial charge in [0.15, 0.2) is 0 Å². The minimum absolute atomic E-state index is 0. The van der Waals surface area contributed by atoms with Gasteiger partial charge in [0.2, 0.25) is 0 Å². The number of benzene rings is 1. The Balaban J connectivity index is 0.00000361. The second-order valence-electron chi connectivity index (χ2n) is 5.91.